The smallest absolute Gasteiger partial charge is 0.0613 e. The maximum atomic E-state index is 10.6. The Kier molecular flexibility index (Phi) is 5.46. The van der Waals surface area contributed by atoms with E-state index in [4.69, 9.17) is 5.73 Å². The number of hydrogen-bond donors (Lipinski definition) is 2. The zero-order valence-electron chi connectivity index (χ0n) is 12.0. The molecule has 0 aromatic heterocycles. The van der Waals surface area contributed by atoms with Crippen LogP contribution in [0.4, 0.5) is 0 Å². The van der Waals surface area contributed by atoms with Crippen LogP contribution in [-0.4, -0.2) is 17.8 Å². The summed E-state index contributed by atoms with van der Waals surface area (Å²) in [4.78, 5) is 0. The molecule has 0 radical (unpaired) electrons. The summed E-state index contributed by atoms with van der Waals surface area (Å²) in [6.45, 7) is 7.24. The first-order valence-corrected chi connectivity index (χ1v) is 7.28. The largest absolute Gasteiger partial charge is 0.392 e. The van der Waals surface area contributed by atoms with Crippen molar-refractivity contribution in [3.05, 3.63) is 0 Å². The molecule has 0 aromatic rings. The van der Waals surface area contributed by atoms with Crippen LogP contribution >= 0.6 is 0 Å². The molecule has 0 aromatic carbocycles. The predicted molar refractivity (Wildman–Crippen MR) is 73.9 cm³/mol. The fourth-order valence-corrected chi connectivity index (χ4v) is 3.08. The Balaban J connectivity index is 2.69. The van der Waals surface area contributed by atoms with Gasteiger partial charge in [-0.15, -0.1) is 0 Å². The minimum atomic E-state index is -0.231. The van der Waals surface area contributed by atoms with E-state index in [-0.39, 0.29) is 16.9 Å². The first kappa shape index (κ1) is 15.0. The molecule has 1 aliphatic carbocycles. The molecular formula is C15H31NO. The minimum absolute atomic E-state index is 0.00625. The highest BCUT2D eigenvalue weighted by Gasteiger charge is 2.38. The summed E-state index contributed by atoms with van der Waals surface area (Å²) in [5.74, 6) is 0. The van der Waals surface area contributed by atoms with E-state index in [0.29, 0.717) is 6.54 Å². The molecule has 0 amide bonds. The third-order valence-corrected chi connectivity index (χ3v) is 4.27. The summed E-state index contributed by atoms with van der Waals surface area (Å²) in [7, 11) is 0. The maximum Gasteiger partial charge on any atom is 0.0613 e. The summed E-state index contributed by atoms with van der Waals surface area (Å²) in [6, 6.07) is 0. The third kappa shape index (κ3) is 4.59. The molecule has 2 nitrogen and oxygen atoms in total. The van der Waals surface area contributed by atoms with E-state index in [1.54, 1.807) is 0 Å². The molecule has 1 aliphatic rings. The molecule has 0 heterocycles. The lowest BCUT2D eigenvalue weighted by Gasteiger charge is -2.41. The van der Waals surface area contributed by atoms with Gasteiger partial charge in [0.05, 0.1) is 6.10 Å². The Morgan fingerprint density at radius 2 is 1.53 bits per heavy atom. The quantitative estimate of drug-likeness (QED) is 0.794. The summed E-state index contributed by atoms with van der Waals surface area (Å²) in [6.07, 6.45) is 9.30. The number of aliphatic hydroxyl groups excluding tert-OH is 1. The second-order valence-electron chi connectivity index (χ2n) is 7.11. The zero-order valence-corrected chi connectivity index (χ0v) is 12.0. The fraction of sp³-hybridized carbons (Fsp3) is 1.00. The van der Waals surface area contributed by atoms with Crippen LogP contribution in [0.15, 0.2) is 0 Å². The molecule has 1 unspecified atom stereocenters. The molecule has 0 bridgehead atoms. The van der Waals surface area contributed by atoms with E-state index >= 15 is 0 Å². The molecule has 1 saturated carbocycles. The van der Waals surface area contributed by atoms with E-state index in [1.807, 2.05) is 0 Å². The number of rotatable bonds is 3. The van der Waals surface area contributed by atoms with Gasteiger partial charge in [0.25, 0.3) is 0 Å². The van der Waals surface area contributed by atoms with Gasteiger partial charge in [0.15, 0.2) is 0 Å². The Morgan fingerprint density at radius 1 is 1.06 bits per heavy atom. The van der Waals surface area contributed by atoms with Gasteiger partial charge >= 0.3 is 0 Å². The Bertz CT molecular complexity index is 211. The molecule has 17 heavy (non-hydrogen) atoms. The lowest BCUT2D eigenvalue weighted by molar-refractivity contribution is -0.0153. The Morgan fingerprint density at radius 3 is 1.94 bits per heavy atom. The molecule has 3 N–H and O–H groups in total. The average Bonchev–Trinajstić information content (AvgIpc) is 2.15. The number of nitrogens with two attached hydrogens (primary N) is 1. The van der Waals surface area contributed by atoms with Crippen molar-refractivity contribution >= 4 is 0 Å². The summed E-state index contributed by atoms with van der Waals surface area (Å²) in [5.41, 5.74) is 6.20. The van der Waals surface area contributed by atoms with Gasteiger partial charge in [0, 0.05) is 12.0 Å². The van der Waals surface area contributed by atoms with Crippen molar-refractivity contribution in [3.8, 4) is 0 Å². The van der Waals surface area contributed by atoms with Gasteiger partial charge < -0.3 is 10.8 Å². The normalized spacial score (nSPS) is 23.8. The number of aliphatic hydroxyl groups is 1. The van der Waals surface area contributed by atoms with Crippen molar-refractivity contribution in [2.45, 2.75) is 78.2 Å². The first-order chi connectivity index (χ1) is 7.90. The highest BCUT2D eigenvalue weighted by Crippen LogP contribution is 2.40. The van der Waals surface area contributed by atoms with Crippen LogP contribution in [0.25, 0.3) is 0 Å². The van der Waals surface area contributed by atoms with Crippen molar-refractivity contribution in [2.24, 2.45) is 16.6 Å². The summed E-state index contributed by atoms with van der Waals surface area (Å²) >= 11 is 0. The number of hydrogen-bond acceptors (Lipinski definition) is 2. The zero-order chi connectivity index (χ0) is 12.9. The monoisotopic (exact) mass is 241 g/mol. The summed E-state index contributed by atoms with van der Waals surface area (Å²) in [5, 5.41) is 10.6. The third-order valence-electron chi connectivity index (χ3n) is 4.27. The van der Waals surface area contributed by atoms with Crippen LogP contribution in [0, 0.1) is 10.8 Å². The molecule has 102 valence electrons. The van der Waals surface area contributed by atoms with Crippen molar-refractivity contribution in [1.82, 2.24) is 0 Å². The second kappa shape index (κ2) is 6.19. The molecule has 0 saturated heterocycles. The second-order valence-corrected chi connectivity index (χ2v) is 7.11. The average molecular weight is 241 g/mol. The van der Waals surface area contributed by atoms with E-state index in [1.165, 1.54) is 32.1 Å². The molecule has 2 heteroatoms. The van der Waals surface area contributed by atoms with Gasteiger partial charge in [0.2, 0.25) is 0 Å². The van der Waals surface area contributed by atoms with Crippen LogP contribution in [0.1, 0.15) is 72.1 Å². The highest BCUT2D eigenvalue weighted by atomic mass is 16.3. The van der Waals surface area contributed by atoms with Gasteiger partial charge in [-0.25, -0.2) is 0 Å². The minimum Gasteiger partial charge on any atom is -0.392 e. The van der Waals surface area contributed by atoms with Crippen LogP contribution < -0.4 is 5.73 Å². The van der Waals surface area contributed by atoms with Crippen LogP contribution in [0.5, 0.6) is 0 Å². The SMILES string of the molecule is CC(C)(C)CC(O)C1(CN)CCCCCCC1. The molecule has 0 aliphatic heterocycles. The van der Waals surface area contributed by atoms with Crippen LogP contribution in [0.2, 0.25) is 0 Å². The predicted octanol–water partition coefficient (Wildman–Crippen LogP) is 3.47. The van der Waals surface area contributed by atoms with E-state index < -0.39 is 0 Å². The molecule has 0 spiro atoms. The molecule has 1 rings (SSSR count). The van der Waals surface area contributed by atoms with E-state index in [0.717, 1.165) is 19.3 Å². The summed E-state index contributed by atoms with van der Waals surface area (Å²) < 4.78 is 0. The van der Waals surface area contributed by atoms with Crippen LogP contribution in [-0.2, 0) is 0 Å². The Labute approximate surface area is 107 Å². The van der Waals surface area contributed by atoms with Gasteiger partial charge in [-0.05, 0) is 24.7 Å². The lowest BCUT2D eigenvalue weighted by atomic mass is 9.68. The highest BCUT2D eigenvalue weighted by molar-refractivity contribution is 4.90. The van der Waals surface area contributed by atoms with Crippen molar-refractivity contribution in [1.29, 1.82) is 0 Å². The standard InChI is InChI=1S/C15H31NO/c1-14(2,3)11-13(17)15(12-16)9-7-5-4-6-8-10-15/h13,17H,4-12,16H2,1-3H3. The van der Waals surface area contributed by atoms with E-state index in [2.05, 4.69) is 20.8 Å². The molecule has 1 atom stereocenters. The van der Waals surface area contributed by atoms with E-state index in [9.17, 15) is 5.11 Å². The first-order valence-electron chi connectivity index (χ1n) is 7.28. The van der Waals surface area contributed by atoms with Gasteiger partial charge in [-0.1, -0.05) is 52.9 Å². The van der Waals surface area contributed by atoms with Gasteiger partial charge in [-0.2, -0.15) is 0 Å². The van der Waals surface area contributed by atoms with Crippen molar-refractivity contribution < 1.29 is 5.11 Å². The topological polar surface area (TPSA) is 46.2 Å². The van der Waals surface area contributed by atoms with Gasteiger partial charge in [-0.3, -0.25) is 0 Å². The molecule has 1 fully saturated rings. The van der Waals surface area contributed by atoms with Gasteiger partial charge in [0.1, 0.15) is 0 Å². The lowest BCUT2D eigenvalue weighted by Crippen LogP contribution is -2.44. The van der Waals surface area contributed by atoms with Crippen molar-refractivity contribution in [3.63, 3.8) is 0 Å². The van der Waals surface area contributed by atoms with Crippen molar-refractivity contribution in [2.75, 3.05) is 6.54 Å². The molecular weight excluding hydrogens is 210 g/mol. The Hall–Kier alpha value is -0.0800. The van der Waals surface area contributed by atoms with Crippen LogP contribution in [0.3, 0.4) is 0 Å². The fourth-order valence-electron chi connectivity index (χ4n) is 3.08. The maximum absolute atomic E-state index is 10.6.